The average Bonchev–Trinajstić information content (AvgIpc) is 2.58. The molecule has 0 aromatic heterocycles. The van der Waals surface area contributed by atoms with Gasteiger partial charge in [0.2, 0.25) is 0 Å². The van der Waals surface area contributed by atoms with E-state index >= 15 is 0 Å². The van der Waals surface area contributed by atoms with E-state index in [1.807, 2.05) is 30.3 Å². The van der Waals surface area contributed by atoms with Crippen LogP contribution in [0.3, 0.4) is 0 Å². The molecule has 4 atom stereocenters. The van der Waals surface area contributed by atoms with Gasteiger partial charge in [-0.1, -0.05) is 30.0 Å². The largest absolute Gasteiger partial charge is 0.394 e. The van der Waals surface area contributed by atoms with Gasteiger partial charge in [-0.05, 0) is 12.1 Å². The zero-order chi connectivity index (χ0) is 11.5. The Bertz CT molecular complexity index is 332. The molecule has 1 aromatic rings. The first-order chi connectivity index (χ1) is 7.72. The first-order valence-corrected chi connectivity index (χ1v) is 5.94. The topological polar surface area (TPSA) is 69.9 Å². The lowest BCUT2D eigenvalue weighted by atomic mass is 10.2. The van der Waals surface area contributed by atoms with Crippen LogP contribution in [-0.4, -0.2) is 45.7 Å². The van der Waals surface area contributed by atoms with Crippen LogP contribution in [-0.2, 0) is 4.74 Å². The van der Waals surface area contributed by atoms with Crippen LogP contribution < -0.4 is 0 Å². The first-order valence-electron chi connectivity index (χ1n) is 5.06. The van der Waals surface area contributed by atoms with E-state index < -0.39 is 23.7 Å². The molecule has 0 amide bonds. The van der Waals surface area contributed by atoms with Crippen molar-refractivity contribution in [3.05, 3.63) is 30.3 Å². The number of aliphatic hydroxyl groups is 3. The highest BCUT2D eigenvalue weighted by atomic mass is 32.2. The summed E-state index contributed by atoms with van der Waals surface area (Å²) in [4.78, 5) is 0.956. The smallest absolute Gasteiger partial charge is 0.136 e. The Morgan fingerprint density at radius 3 is 2.38 bits per heavy atom. The van der Waals surface area contributed by atoms with Crippen LogP contribution in [0.4, 0.5) is 0 Å². The van der Waals surface area contributed by atoms with Gasteiger partial charge in [0.05, 0.1) is 6.61 Å². The molecule has 4 nitrogen and oxygen atoms in total. The van der Waals surface area contributed by atoms with Gasteiger partial charge in [-0.2, -0.15) is 0 Å². The van der Waals surface area contributed by atoms with E-state index in [0.717, 1.165) is 4.90 Å². The fourth-order valence-corrected chi connectivity index (χ4v) is 2.68. The van der Waals surface area contributed by atoms with E-state index in [-0.39, 0.29) is 6.61 Å². The third kappa shape index (κ3) is 2.39. The van der Waals surface area contributed by atoms with Crippen molar-refractivity contribution in [2.75, 3.05) is 6.61 Å². The summed E-state index contributed by atoms with van der Waals surface area (Å²) in [6.07, 6.45) is -2.69. The van der Waals surface area contributed by atoms with Crippen LogP contribution in [0.15, 0.2) is 35.2 Å². The molecule has 1 fully saturated rings. The Morgan fingerprint density at radius 2 is 1.81 bits per heavy atom. The third-order valence-corrected chi connectivity index (χ3v) is 3.66. The van der Waals surface area contributed by atoms with E-state index in [9.17, 15) is 10.2 Å². The molecule has 88 valence electrons. The second kappa shape index (κ2) is 5.16. The number of hydrogen-bond donors (Lipinski definition) is 3. The van der Waals surface area contributed by atoms with Crippen molar-refractivity contribution < 1.29 is 20.1 Å². The second-order valence-corrected chi connectivity index (χ2v) is 4.81. The average molecular weight is 242 g/mol. The minimum atomic E-state index is -1.02. The van der Waals surface area contributed by atoms with Crippen molar-refractivity contribution in [2.24, 2.45) is 0 Å². The fraction of sp³-hybridized carbons (Fsp3) is 0.455. The summed E-state index contributed by atoms with van der Waals surface area (Å²) in [6.45, 7) is -0.288. The highest BCUT2D eigenvalue weighted by molar-refractivity contribution is 7.99. The Morgan fingerprint density at radius 1 is 1.12 bits per heavy atom. The molecule has 0 bridgehead atoms. The summed E-state index contributed by atoms with van der Waals surface area (Å²) in [7, 11) is 0. The molecule has 3 N–H and O–H groups in total. The summed E-state index contributed by atoms with van der Waals surface area (Å²) in [5.41, 5.74) is -0.533. The molecule has 1 aliphatic rings. The van der Waals surface area contributed by atoms with Crippen molar-refractivity contribution in [2.45, 2.75) is 28.6 Å². The second-order valence-electron chi connectivity index (χ2n) is 3.64. The lowest BCUT2D eigenvalue weighted by molar-refractivity contribution is -0.00808. The molecule has 0 radical (unpaired) electrons. The molecular weight excluding hydrogens is 228 g/mol. The van der Waals surface area contributed by atoms with Gasteiger partial charge in [0.1, 0.15) is 23.7 Å². The normalized spacial score (nSPS) is 34.2. The summed E-state index contributed by atoms with van der Waals surface area (Å²) < 4.78 is 5.35. The maximum Gasteiger partial charge on any atom is 0.136 e. The van der Waals surface area contributed by atoms with Gasteiger partial charge in [-0.15, -0.1) is 0 Å². The number of aliphatic hydroxyl groups excluding tert-OH is 3. The Kier molecular flexibility index (Phi) is 3.83. The Labute approximate surface area is 97.9 Å². The van der Waals surface area contributed by atoms with Crippen molar-refractivity contribution >= 4 is 11.8 Å². The maximum atomic E-state index is 9.71. The van der Waals surface area contributed by atoms with Crippen molar-refractivity contribution in [1.29, 1.82) is 0 Å². The zero-order valence-corrected chi connectivity index (χ0v) is 9.38. The highest BCUT2D eigenvalue weighted by Gasteiger charge is 2.42. The number of thioether (sulfide) groups is 1. The molecule has 1 aromatic carbocycles. The van der Waals surface area contributed by atoms with E-state index in [2.05, 4.69) is 0 Å². The summed E-state index contributed by atoms with van der Waals surface area (Å²) in [5.74, 6) is 0. The van der Waals surface area contributed by atoms with Crippen LogP contribution in [0.1, 0.15) is 0 Å². The molecule has 1 unspecified atom stereocenters. The summed E-state index contributed by atoms with van der Waals surface area (Å²) in [5, 5.41) is 28.2. The summed E-state index contributed by atoms with van der Waals surface area (Å²) in [6, 6.07) is 9.49. The third-order valence-electron chi connectivity index (χ3n) is 2.49. The minimum absolute atomic E-state index is 0.288. The molecule has 0 aliphatic carbocycles. The predicted molar refractivity (Wildman–Crippen MR) is 60.1 cm³/mol. The highest BCUT2D eigenvalue weighted by Crippen LogP contribution is 2.33. The molecule has 2 rings (SSSR count). The van der Waals surface area contributed by atoms with Gasteiger partial charge < -0.3 is 20.1 Å². The van der Waals surface area contributed by atoms with Crippen LogP contribution in [0.25, 0.3) is 0 Å². The van der Waals surface area contributed by atoms with Crippen molar-refractivity contribution in [3.8, 4) is 0 Å². The lowest BCUT2D eigenvalue weighted by Gasteiger charge is -2.13. The molecule has 1 saturated heterocycles. The Balaban J connectivity index is 2.01. The van der Waals surface area contributed by atoms with Crippen LogP contribution in [0.2, 0.25) is 0 Å². The van der Waals surface area contributed by atoms with Gasteiger partial charge >= 0.3 is 0 Å². The van der Waals surface area contributed by atoms with E-state index in [4.69, 9.17) is 9.84 Å². The quantitative estimate of drug-likeness (QED) is 0.707. The van der Waals surface area contributed by atoms with Crippen molar-refractivity contribution in [3.63, 3.8) is 0 Å². The summed E-state index contributed by atoms with van der Waals surface area (Å²) >= 11 is 1.34. The van der Waals surface area contributed by atoms with Crippen LogP contribution >= 0.6 is 11.8 Å². The fourth-order valence-electron chi connectivity index (χ4n) is 1.60. The maximum absolute atomic E-state index is 9.71. The number of rotatable bonds is 3. The standard InChI is InChI=1S/C11H14O4S/c12-6-8-9(13)10(14)11(15-8)16-7-4-2-1-3-5-7/h1-5,8-14H,6H2/t8-,9+,10-,11?/m1/s1. The number of ether oxygens (including phenoxy) is 1. The SMILES string of the molecule is OC[C@H]1OC(Sc2ccccc2)[C@H](O)[C@H]1O. The van der Waals surface area contributed by atoms with Gasteiger partial charge in [0.15, 0.2) is 0 Å². The zero-order valence-electron chi connectivity index (χ0n) is 8.56. The van der Waals surface area contributed by atoms with E-state index in [1.54, 1.807) is 0 Å². The van der Waals surface area contributed by atoms with Crippen LogP contribution in [0.5, 0.6) is 0 Å². The Hall–Kier alpha value is -0.590. The van der Waals surface area contributed by atoms with Crippen LogP contribution in [0, 0.1) is 0 Å². The van der Waals surface area contributed by atoms with E-state index in [1.165, 1.54) is 11.8 Å². The number of hydrogen-bond acceptors (Lipinski definition) is 5. The van der Waals surface area contributed by atoms with E-state index in [0.29, 0.717) is 0 Å². The molecular formula is C11H14O4S. The molecule has 0 saturated carbocycles. The van der Waals surface area contributed by atoms with Gasteiger partial charge in [-0.25, -0.2) is 0 Å². The molecule has 0 spiro atoms. The molecule has 1 heterocycles. The molecule has 1 aliphatic heterocycles. The van der Waals surface area contributed by atoms with Gasteiger partial charge in [0, 0.05) is 4.90 Å². The van der Waals surface area contributed by atoms with Gasteiger partial charge in [0.25, 0.3) is 0 Å². The molecule has 5 heteroatoms. The number of benzene rings is 1. The first kappa shape index (κ1) is 11.9. The monoisotopic (exact) mass is 242 g/mol. The predicted octanol–water partition coefficient (Wildman–Crippen LogP) is 0.218. The minimum Gasteiger partial charge on any atom is -0.394 e. The van der Waals surface area contributed by atoms with Gasteiger partial charge in [-0.3, -0.25) is 0 Å². The lowest BCUT2D eigenvalue weighted by Crippen LogP contribution is -2.33. The van der Waals surface area contributed by atoms with Crippen molar-refractivity contribution in [1.82, 2.24) is 0 Å². The molecule has 16 heavy (non-hydrogen) atoms.